The summed E-state index contributed by atoms with van der Waals surface area (Å²) in [4.78, 5) is 0. The summed E-state index contributed by atoms with van der Waals surface area (Å²) in [6.45, 7) is 16.0. The van der Waals surface area contributed by atoms with Crippen LogP contribution in [-0.2, 0) is 4.74 Å². The zero-order chi connectivity index (χ0) is 15.2. The van der Waals surface area contributed by atoms with Gasteiger partial charge in [0.05, 0.1) is 6.10 Å². The molecule has 1 saturated carbocycles. The van der Waals surface area contributed by atoms with Crippen LogP contribution in [0.5, 0.6) is 0 Å². The Morgan fingerprint density at radius 1 is 1.20 bits per heavy atom. The fraction of sp³-hybridized carbons (Fsp3) is 1.00. The molecule has 0 saturated heterocycles. The van der Waals surface area contributed by atoms with Gasteiger partial charge in [-0.25, -0.2) is 0 Å². The maximum absolute atomic E-state index is 6.27. The Kier molecular flexibility index (Phi) is 7.53. The second kappa shape index (κ2) is 8.38. The Hall–Kier alpha value is -0.0800. The highest BCUT2D eigenvalue weighted by molar-refractivity contribution is 4.89. The van der Waals surface area contributed by atoms with Crippen LogP contribution >= 0.6 is 0 Å². The standard InChI is InChI=1S/C18H37NO/c1-7-11-19-16-9-8-15(18(4,5)6)13-17(16)20-12-10-14(2)3/h14-17,19H,7-13H2,1-6H3. The third-order valence-corrected chi connectivity index (χ3v) is 4.70. The first kappa shape index (κ1) is 18.0. The fourth-order valence-corrected chi connectivity index (χ4v) is 3.12. The summed E-state index contributed by atoms with van der Waals surface area (Å²) in [5.74, 6) is 1.53. The van der Waals surface area contributed by atoms with E-state index in [0.717, 1.165) is 25.0 Å². The van der Waals surface area contributed by atoms with Crippen LogP contribution in [0, 0.1) is 17.3 Å². The summed E-state index contributed by atoms with van der Waals surface area (Å²) >= 11 is 0. The molecule has 0 spiro atoms. The molecular weight excluding hydrogens is 246 g/mol. The SMILES string of the molecule is CCCNC1CCC(C(C)(C)C)CC1OCCC(C)C. The summed E-state index contributed by atoms with van der Waals surface area (Å²) in [5.41, 5.74) is 0.412. The van der Waals surface area contributed by atoms with E-state index in [2.05, 4.69) is 46.9 Å². The predicted molar refractivity (Wildman–Crippen MR) is 88.1 cm³/mol. The number of ether oxygens (including phenoxy) is 1. The number of hydrogen-bond donors (Lipinski definition) is 1. The molecule has 1 aliphatic carbocycles. The summed E-state index contributed by atoms with van der Waals surface area (Å²) < 4.78 is 6.27. The van der Waals surface area contributed by atoms with Gasteiger partial charge in [0, 0.05) is 12.6 Å². The molecule has 0 aliphatic heterocycles. The van der Waals surface area contributed by atoms with E-state index in [1.165, 1.54) is 32.1 Å². The minimum atomic E-state index is 0.412. The van der Waals surface area contributed by atoms with Gasteiger partial charge in [0.15, 0.2) is 0 Å². The maximum atomic E-state index is 6.27. The van der Waals surface area contributed by atoms with Crippen molar-refractivity contribution in [1.82, 2.24) is 5.32 Å². The average molecular weight is 284 g/mol. The van der Waals surface area contributed by atoms with E-state index in [0.29, 0.717) is 17.6 Å². The van der Waals surface area contributed by atoms with E-state index in [1.54, 1.807) is 0 Å². The molecule has 1 N–H and O–H groups in total. The lowest BCUT2D eigenvalue weighted by Gasteiger charge is -2.42. The first-order valence-electron chi connectivity index (χ1n) is 8.69. The zero-order valence-corrected chi connectivity index (χ0v) is 14.7. The van der Waals surface area contributed by atoms with Gasteiger partial charge in [-0.15, -0.1) is 0 Å². The van der Waals surface area contributed by atoms with Gasteiger partial charge in [-0.05, 0) is 55.9 Å². The Labute approximate surface area is 127 Å². The highest BCUT2D eigenvalue weighted by Gasteiger charge is 2.36. The van der Waals surface area contributed by atoms with Crippen LogP contribution in [0.1, 0.15) is 73.6 Å². The van der Waals surface area contributed by atoms with E-state index in [-0.39, 0.29) is 0 Å². The van der Waals surface area contributed by atoms with Crippen molar-refractivity contribution in [3.63, 3.8) is 0 Å². The van der Waals surface area contributed by atoms with Crippen LogP contribution in [-0.4, -0.2) is 25.3 Å². The van der Waals surface area contributed by atoms with Crippen molar-refractivity contribution >= 4 is 0 Å². The molecule has 2 heteroatoms. The van der Waals surface area contributed by atoms with Crippen LogP contribution < -0.4 is 5.32 Å². The van der Waals surface area contributed by atoms with Gasteiger partial charge in [0.2, 0.25) is 0 Å². The van der Waals surface area contributed by atoms with Crippen LogP contribution in [0.4, 0.5) is 0 Å². The minimum absolute atomic E-state index is 0.412. The number of rotatable bonds is 7. The van der Waals surface area contributed by atoms with Crippen LogP contribution in [0.2, 0.25) is 0 Å². The first-order valence-corrected chi connectivity index (χ1v) is 8.69. The van der Waals surface area contributed by atoms with Gasteiger partial charge in [0.1, 0.15) is 0 Å². The summed E-state index contributed by atoms with van der Waals surface area (Å²) in [5, 5.41) is 3.71. The normalized spacial score (nSPS) is 28.1. The monoisotopic (exact) mass is 283 g/mol. The van der Waals surface area contributed by atoms with E-state index < -0.39 is 0 Å². The minimum Gasteiger partial charge on any atom is -0.377 e. The van der Waals surface area contributed by atoms with Gasteiger partial charge >= 0.3 is 0 Å². The Bertz CT molecular complexity index is 257. The molecule has 1 rings (SSSR count). The van der Waals surface area contributed by atoms with Crippen molar-refractivity contribution in [2.45, 2.75) is 85.8 Å². The van der Waals surface area contributed by atoms with Crippen molar-refractivity contribution in [3.8, 4) is 0 Å². The van der Waals surface area contributed by atoms with E-state index in [4.69, 9.17) is 4.74 Å². The molecule has 1 fully saturated rings. The lowest BCUT2D eigenvalue weighted by Crippen LogP contribution is -2.47. The topological polar surface area (TPSA) is 21.3 Å². The van der Waals surface area contributed by atoms with Crippen molar-refractivity contribution < 1.29 is 4.74 Å². The fourth-order valence-electron chi connectivity index (χ4n) is 3.12. The highest BCUT2D eigenvalue weighted by atomic mass is 16.5. The third kappa shape index (κ3) is 6.13. The van der Waals surface area contributed by atoms with Crippen LogP contribution in [0.15, 0.2) is 0 Å². The summed E-state index contributed by atoms with van der Waals surface area (Å²) in [6.07, 6.45) is 6.64. The van der Waals surface area contributed by atoms with Gasteiger partial charge in [0.25, 0.3) is 0 Å². The molecule has 0 aromatic rings. The second-order valence-corrected chi connectivity index (χ2v) is 8.03. The predicted octanol–water partition coefficient (Wildman–Crippen LogP) is 4.63. The van der Waals surface area contributed by atoms with E-state index >= 15 is 0 Å². The van der Waals surface area contributed by atoms with E-state index in [9.17, 15) is 0 Å². The highest BCUT2D eigenvalue weighted by Crippen LogP contribution is 2.39. The molecule has 0 aromatic carbocycles. The Balaban J connectivity index is 2.53. The number of hydrogen-bond acceptors (Lipinski definition) is 2. The van der Waals surface area contributed by atoms with Crippen molar-refractivity contribution in [1.29, 1.82) is 0 Å². The lowest BCUT2D eigenvalue weighted by atomic mass is 9.70. The van der Waals surface area contributed by atoms with Gasteiger partial charge in [-0.2, -0.15) is 0 Å². The van der Waals surface area contributed by atoms with Gasteiger partial charge in [-0.3, -0.25) is 0 Å². The van der Waals surface area contributed by atoms with Crippen LogP contribution in [0.3, 0.4) is 0 Å². The lowest BCUT2D eigenvalue weighted by molar-refractivity contribution is -0.0309. The maximum Gasteiger partial charge on any atom is 0.0730 e. The second-order valence-electron chi connectivity index (χ2n) is 8.03. The Morgan fingerprint density at radius 2 is 1.90 bits per heavy atom. The largest absolute Gasteiger partial charge is 0.377 e. The molecule has 20 heavy (non-hydrogen) atoms. The van der Waals surface area contributed by atoms with Crippen molar-refractivity contribution in [2.75, 3.05) is 13.2 Å². The molecule has 120 valence electrons. The summed E-state index contributed by atoms with van der Waals surface area (Å²) in [7, 11) is 0. The average Bonchev–Trinajstić information content (AvgIpc) is 2.35. The molecule has 2 nitrogen and oxygen atoms in total. The van der Waals surface area contributed by atoms with E-state index in [1.807, 2.05) is 0 Å². The number of nitrogens with one attached hydrogen (secondary N) is 1. The molecule has 1 aliphatic rings. The quantitative estimate of drug-likeness (QED) is 0.735. The van der Waals surface area contributed by atoms with Crippen molar-refractivity contribution in [3.05, 3.63) is 0 Å². The molecule has 3 atom stereocenters. The molecule has 0 amide bonds. The summed E-state index contributed by atoms with van der Waals surface area (Å²) in [6, 6.07) is 0.570. The molecule has 3 unspecified atom stereocenters. The van der Waals surface area contributed by atoms with Crippen LogP contribution in [0.25, 0.3) is 0 Å². The Morgan fingerprint density at radius 3 is 2.45 bits per heavy atom. The smallest absolute Gasteiger partial charge is 0.0730 e. The molecule has 0 heterocycles. The van der Waals surface area contributed by atoms with Gasteiger partial charge < -0.3 is 10.1 Å². The molecule has 0 bridgehead atoms. The zero-order valence-electron chi connectivity index (χ0n) is 14.7. The first-order chi connectivity index (χ1) is 9.34. The third-order valence-electron chi connectivity index (χ3n) is 4.70. The molecule has 0 radical (unpaired) electrons. The molecular formula is C18H37NO. The van der Waals surface area contributed by atoms with Gasteiger partial charge in [-0.1, -0.05) is 41.5 Å². The molecule has 0 aromatic heterocycles. The van der Waals surface area contributed by atoms with Crippen molar-refractivity contribution in [2.24, 2.45) is 17.3 Å².